The van der Waals surface area contributed by atoms with E-state index in [4.69, 9.17) is 0 Å². The number of benzene rings is 1. The average molecular weight is 201 g/mol. The van der Waals surface area contributed by atoms with Gasteiger partial charge in [0.25, 0.3) is 0 Å². The second kappa shape index (κ2) is 4.26. The molecule has 0 unspecified atom stereocenters. The molecule has 0 amide bonds. The third kappa shape index (κ3) is 1.91. The van der Waals surface area contributed by atoms with E-state index in [0.717, 1.165) is 29.7 Å². The van der Waals surface area contributed by atoms with Crippen LogP contribution in [0.15, 0.2) is 24.5 Å². The van der Waals surface area contributed by atoms with Gasteiger partial charge < -0.3 is 5.32 Å². The number of para-hydroxylation sites is 1. The first-order valence-electron chi connectivity index (χ1n) is 5.27. The zero-order valence-electron chi connectivity index (χ0n) is 9.12. The van der Waals surface area contributed by atoms with Crippen molar-refractivity contribution in [1.29, 1.82) is 0 Å². The van der Waals surface area contributed by atoms with Gasteiger partial charge in [0.2, 0.25) is 0 Å². The zero-order valence-corrected chi connectivity index (χ0v) is 9.12. The Morgan fingerprint density at radius 2 is 2.13 bits per heavy atom. The van der Waals surface area contributed by atoms with Gasteiger partial charge in [-0.15, -0.1) is 0 Å². The summed E-state index contributed by atoms with van der Waals surface area (Å²) in [4.78, 5) is 8.56. The second-order valence-electron chi connectivity index (χ2n) is 3.62. The number of aromatic nitrogens is 2. The van der Waals surface area contributed by atoms with Crippen LogP contribution in [-0.2, 0) is 0 Å². The molecule has 0 aliphatic rings. The predicted molar refractivity (Wildman–Crippen MR) is 63.1 cm³/mol. The van der Waals surface area contributed by atoms with Crippen LogP contribution >= 0.6 is 0 Å². The minimum absolute atomic E-state index is 0.936. The van der Waals surface area contributed by atoms with Crippen molar-refractivity contribution >= 4 is 16.7 Å². The summed E-state index contributed by atoms with van der Waals surface area (Å²) in [6, 6.07) is 6.16. The molecule has 0 spiro atoms. The molecule has 0 bridgehead atoms. The molecule has 0 aliphatic heterocycles. The molecule has 2 rings (SSSR count). The van der Waals surface area contributed by atoms with Crippen molar-refractivity contribution < 1.29 is 0 Å². The number of nitrogens with one attached hydrogen (secondary N) is 1. The lowest BCUT2D eigenvalue weighted by Gasteiger charge is -2.07. The molecule has 1 N–H and O–H groups in total. The van der Waals surface area contributed by atoms with E-state index in [1.165, 1.54) is 5.56 Å². The van der Waals surface area contributed by atoms with Crippen molar-refractivity contribution in [2.45, 2.75) is 20.3 Å². The van der Waals surface area contributed by atoms with Gasteiger partial charge in [-0.05, 0) is 25.0 Å². The van der Waals surface area contributed by atoms with Crippen LogP contribution in [-0.4, -0.2) is 16.5 Å². The molecule has 15 heavy (non-hydrogen) atoms. The first kappa shape index (κ1) is 9.90. The predicted octanol–water partition coefficient (Wildman–Crippen LogP) is 2.76. The second-order valence-corrected chi connectivity index (χ2v) is 3.62. The number of fused-ring (bicyclic) bond motifs is 1. The smallest absolute Gasteiger partial charge is 0.137 e. The summed E-state index contributed by atoms with van der Waals surface area (Å²) < 4.78 is 0. The van der Waals surface area contributed by atoms with Crippen LogP contribution in [0.4, 0.5) is 5.82 Å². The monoisotopic (exact) mass is 201 g/mol. The third-order valence-corrected chi connectivity index (χ3v) is 2.41. The Morgan fingerprint density at radius 1 is 1.27 bits per heavy atom. The minimum Gasteiger partial charge on any atom is -0.369 e. The van der Waals surface area contributed by atoms with Crippen molar-refractivity contribution in [2.75, 3.05) is 11.9 Å². The molecule has 0 radical (unpaired) electrons. The van der Waals surface area contributed by atoms with E-state index in [-0.39, 0.29) is 0 Å². The fourth-order valence-corrected chi connectivity index (χ4v) is 1.62. The van der Waals surface area contributed by atoms with Crippen LogP contribution in [0.5, 0.6) is 0 Å². The summed E-state index contributed by atoms with van der Waals surface area (Å²) in [5.74, 6) is 0.936. The molecule has 0 saturated carbocycles. The Morgan fingerprint density at radius 3 is 2.93 bits per heavy atom. The maximum absolute atomic E-state index is 4.30. The highest BCUT2D eigenvalue weighted by molar-refractivity contribution is 5.90. The molecule has 0 fully saturated rings. The lowest BCUT2D eigenvalue weighted by atomic mass is 10.1. The van der Waals surface area contributed by atoms with Crippen LogP contribution in [0, 0.1) is 6.92 Å². The molecule has 3 nitrogen and oxygen atoms in total. The highest BCUT2D eigenvalue weighted by atomic mass is 15.0. The molecule has 78 valence electrons. The fraction of sp³-hybridized carbons (Fsp3) is 0.333. The standard InChI is InChI=1S/C12H15N3/c1-3-7-13-12-10-6-4-5-9(2)11(10)14-8-15-12/h4-6,8H,3,7H2,1-2H3,(H,13,14,15). The number of nitrogens with zero attached hydrogens (tertiary/aromatic N) is 2. The average Bonchev–Trinajstić information content (AvgIpc) is 2.27. The van der Waals surface area contributed by atoms with Gasteiger partial charge >= 0.3 is 0 Å². The van der Waals surface area contributed by atoms with Crippen LogP contribution in [0.2, 0.25) is 0 Å². The molecule has 1 heterocycles. The van der Waals surface area contributed by atoms with E-state index in [1.54, 1.807) is 6.33 Å². The Balaban J connectivity index is 2.51. The molecular weight excluding hydrogens is 186 g/mol. The summed E-state index contributed by atoms with van der Waals surface area (Å²) in [6.07, 6.45) is 2.71. The number of hydrogen-bond donors (Lipinski definition) is 1. The lowest BCUT2D eigenvalue weighted by Crippen LogP contribution is -2.03. The van der Waals surface area contributed by atoms with Crippen molar-refractivity contribution in [2.24, 2.45) is 0 Å². The third-order valence-electron chi connectivity index (χ3n) is 2.41. The minimum atomic E-state index is 0.936. The summed E-state index contributed by atoms with van der Waals surface area (Å²) in [5, 5.41) is 4.42. The van der Waals surface area contributed by atoms with Gasteiger partial charge in [0, 0.05) is 11.9 Å². The number of rotatable bonds is 3. The van der Waals surface area contributed by atoms with E-state index in [0.29, 0.717) is 0 Å². The van der Waals surface area contributed by atoms with Crippen molar-refractivity contribution in [1.82, 2.24) is 9.97 Å². The Hall–Kier alpha value is -1.64. The summed E-state index contributed by atoms with van der Waals surface area (Å²) in [5.41, 5.74) is 2.22. The number of aryl methyl sites for hydroxylation is 1. The maximum atomic E-state index is 4.30. The van der Waals surface area contributed by atoms with Gasteiger partial charge in [-0.1, -0.05) is 19.1 Å². The van der Waals surface area contributed by atoms with Gasteiger partial charge in [0.15, 0.2) is 0 Å². The number of hydrogen-bond acceptors (Lipinski definition) is 3. The largest absolute Gasteiger partial charge is 0.369 e. The van der Waals surface area contributed by atoms with Gasteiger partial charge in [0.1, 0.15) is 12.1 Å². The SMILES string of the molecule is CCCNc1ncnc2c(C)cccc12. The van der Waals surface area contributed by atoms with E-state index < -0.39 is 0 Å². The topological polar surface area (TPSA) is 37.8 Å². The summed E-state index contributed by atoms with van der Waals surface area (Å²) in [6.45, 7) is 5.15. The Kier molecular flexibility index (Phi) is 2.81. The van der Waals surface area contributed by atoms with Gasteiger partial charge in [-0.2, -0.15) is 0 Å². The Bertz CT molecular complexity index is 465. The van der Waals surface area contributed by atoms with E-state index in [1.807, 2.05) is 6.07 Å². The van der Waals surface area contributed by atoms with Crippen molar-refractivity contribution in [3.8, 4) is 0 Å². The lowest BCUT2D eigenvalue weighted by molar-refractivity contribution is 0.969. The molecule has 2 aromatic rings. The van der Waals surface area contributed by atoms with E-state index in [9.17, 15) is 0 Å². The van der Waals surface area contributed by atoms with Gasteiger partial charge in [0.05, 0.1) is 5.52 Å². The van der Waals surface area contributed by atoms with Gasteiger partial charge in [-0.3, -0.25) is 0 Å². The highest BCUT2D eigenvalue weighted by Gasteiger charge is 2.03. The molecule has 3 heteroatoms. The van der Waals surface area contributed by atoms with E-state index >= 15 is 0 Å². The van der Waals surface area contributed by atoms with Crippen molar-refractivity contribution in [3.63, 3.8) is 0 Å². The van der Waals surface area contributed by atoms with Crippen LogP contribution < -0.4 is 5.32 Å². The summed E-state index contributed by atoms with van der Waals surface area (Å²) in [7, 11) is 0. The first-order chi connectivity index (χ1) is 7.33. The zero-order chi connectivity index (χ0) is 10.7. The van der Waals surface area contributed by atoms with Gasteiger partial charge in [-0.25, -0.2) is 9.97 Å². The van der Waals surface area contributed by atoms with E-state index in [2.05, 4.69) is 41.3 Å². The maximum Gasteiger partial charge on any atom is 0.137 e. The molecule has 1 aromatic heterocycles. The molecule has 0 saturated heterocycles. The molecular formula is C12H15N3. The number of anilines is 1. The first-order valence-corrected chi connectivity index (χ1v) is 5.27. The van der Waals surface area contributed by atoms with Crippen LogP contribution in [0.25, 0.3) is 10.9 Å². The molecule has 0 atom stereocenters. The Labute approximate surface area is 89.6 Å². The van der Waals surface area contributed by atoms with Crippen molar-refractivity contribution in [3.05, 3.63) is 30.1 Å². The van der Waals surface area contributed by atoms with Crippen LogP contribution in [0.3, 0.4) is 0 Å². The molecule has 0 aliphatic carbocycles. The summed E-state index contributed by atoms with van der Waals surface area (Å²) >= 11 is 0. The normalized spacial score (nSPS) is 10.5. The molecule has 1 aromatic carbocycles. The quantitative estimate of drug-likeness (QED) is 0.829. The van der Waals surface area contributed by atoms with Crippen LogP contribution in [0.1, 0.15) is 18.9 Å². The fourth-order valence-electron chi connectivity index (χ4n) is 1.62. The highest BCUT2D eigenvalue weighted by Crippen LogP contribution is 2.21.